The van der Waals surface area contributed by atoms with E-state index in [1.165, 1.54) is 18.7 Å². The second-order valence-corrected chi connectivity index (χ2v) is 6.10. The molecule has 1 aliphatic heterocycles. The van der Waals surface area contributed by atoms with E-state index in [2.05, 4.69) is 22.8 Å². The molecule has 128 valence electrons. The molecule has 3 rings (SSSR count). The average Bonchev–Trinajstić information content (AvgIpc) is 2.63. The molecule has 1 saturated heterocycles. The van der Waals surface area contributed by atoms with Crippen molar-refractivity contribution in [2.24, 2.45) is 0 Å². The van der Waals surface area contributed by atoms with E-state index in [-0.39, 0.29) is 0 Å². The van der Waals surface area contributed by atoms with Crippen LogP contribution in [0, 0.1) is 11.6 Å². The normalized spacial score (nSPS) is 20.8. The molecule has 24 heavy (non-hydrogen) atoms. The molecule has 2 atom stereocenters. The maximum Gasteiger partial charge on any atom is 0.162 e. The molecule has 0 unspecified atom stereocenters. The van der Waals surface area contributed by atoms with Crippen LogP contribution in [0.1, 0.15) is 30.0 Å². The summed E-state index contributed by atoms with van der Waals surface area (Å²) in [5.74, 6) is -1.36. The first-order valence-corrected chi connectivity index (χ1v) is 8.21. The van der Waals surface area contributed by atoms with Gasteiger partial charge in [-0.3, -0.25) is 0 Å². The van der Waals surface area contributed by atoms with Crippen molar-refractivity contribution in [2.75, 3.05) is 13.7 Å². The Kier molecular flexibility index (Phi) is 5.43. The standard InChI is InChI=1S/C19H22F2N2O/c1-24-19-11-17(21)16(20)9-14(19)12-23-15-7-8-22-18(10-15)13-5-3-2-4-6-13/h2-6,9,11,15,18,22-23H,7-8,10,12H2,1H3/t15-,18+/m0/s1. The molecule has 2 aromatic carbocycles. The van der Waals surface area contributed by atoms with Gasteiger partial charge >= 0.3 is 0 Å². The fraction of sp³-hybridized carbons (Fsp3) is 0.368. The summed E-state index contributed by atoms with van der Waals surface area (Å²) >= 11 is 0. The van der Waals surface area contributed by atoms with Gasteiger partial charge in [-0.15, -0.1) is 0 Å². The Balaban J connectivity index is 1.63. The zero-order valence-corrected chi connectivity index (χ0v) is 13.7. The lowest BCUT2D eigenvalue weighted by molar-refractivity contribution is 0.319. The zero-order chi connectivity index (χ0) is 16.9. The van der Waals surface area contributed by atoms with Gasteiger partial charge in [0.1, 0.15) is 5.75 Å². The summed E-state index contributed by atoms with van der Waals surface area (Å²) in [4.78, 5) is 0. The number of ether oxygens (including phenoxy) is 1. The SMILES string of the molecule is COc1cc(F)c(F)cc1CN[C@H]1CCN[C@@H](c2ccccc2)C1. The van der Waals surface area contributed by atoms with Crippen LogP contribution in [-0.4, -0.2) is 19.7 Å². The van der Waals surface area contributed by atoms with Crippen molar-refractivity contribution in [1.82, 2.24) is 10.6 Å². The van der Waals surface area contributed by atoms with Gasteiger partial charge in [-0.2, -0.15) is 0 Å². The Morgan fingerprint density at radius 2 is 1.92 bits per heavy atom. The molecule has 1 heterocycles. The maximum absolute atomic E-state index is 13.5. The molecule has 1 aliphatic rings. The number of methoxy groups -OCH3 is 1. The van der Waals surface area contributed by atoms with Gasteiger partial charge in [0, 0.05) is 30.3 Å². The second kappa shape index (κ2) is 7.73. The molecule has 0 amide bonds. The Labute approximate surface area is 141 Å². The van der Waals surface area contributed by atoms with E-state index < -0.39 is 11.6 Å². The van der Waals surface area contributed by atoms with Crippen LogP contribution in [-0.2, 0) is 6.54 Å². The van der Waals surface area contributed by atoms with Crippen molar-refractivity contribution in [1.29, 1.82) is 0 Å². The van der Waals surface area contributed by atoms with Gasteiger partial charge in [-0.05, 0) is 31.0 Å². The van der Waals surface area contributed by atoms with Crippen molar-refractivity contribution in [3.05, 3.63) is 65.2 Å². The van der Waals surface area contributed by atoms with E-state index in [1.54, 1.807) is 0 Å². The number of hydrogen-bond acceptors (Lipinski definition) is 3. The fourth-order valence-electron chi connectivity index (χ4n) is 3.19. The van der Waals surface area contributed by atoms with Gasteiger partial charge in [0.15, 0.2) is 11.6 Å². The van der Waals surface area contributed by atoms with Crippen molar-refractivity contribution >= 4 is 0 Å². The van der Waals surface area contributed by atoms with Crippen LogP contribution < -0.4 is 15.4 Å². The number of nitrogens with one attached hydrogen (secondary N) is 2. The second-order valence-electron chi connectivity index (χ2n) is 6.10. The minimum absolute atomic E-state index is 0.310. The quantitative estimate of drug-likeness (QED) is 0.878. The number of hydrogen-bond donors (Lipinski definition) is 2. The minimum atomic E-state index is -0.887. The van der Waals surface area contributed by atoms with Gasteiger partial charge in [0.25, 0.3) is 0 Å². The van der Waals surface area contributed by atoms with Gasteiger partial charge < -0.3 is 15.4 Å². The highest BCUT2D eigenvalue weighted by atomic mass is 19.2. The highest BCUT2D eigenvalue weighted by Gasteiger charge is 2.22. The predicted octanol–water partition coefficient (Wildman–Crippen LogP) is 3.56. The van der Waals surface area contributed by atoms with E-state index in [1.807, 2.05) is 18.2 Å². The van der Waals surface area contributed by atoms with E-state index >= 15 is 0 Å². The Hall–Kier alpha value is -1.98. The lowest BCUT2D eigenvalue weighted by Crippen LogP contribution is -2.41. The molecule has 0 aliphatic carbocycles. The fourth-order valence-corrected chi connectivity index (χ4v) is 3.19. The molecule has 0 aromatic heterocycles. The number of piperidine rings is 1. The molecule has 0 spiro atoms. The third-order valence-electron chi connectivity index (χ3n) is 4.51. The topological polar surface area (TPSA) is 33.3 Å². The van der Waals surface area contributed by atoms with Gasteiger partial charge in [0.2, 0.25) is 0 Å². The Bertz CT molecular complexity index is 679. The van der Waals surface area contributed by atoms with Crippen molar-refractivity contribution in [3.8, 4) is 5.75 Å². The highest BCUT2D eigenvalue weighted by molar-refractivity contribution is 5.34. The summed E-state index contributed by atoms with van der Waals surface area (Å²) in [6, 6.07) is 13.3. The smallest absolute Gasteiger partial charge is 0.162 e. The first-order chi connectivity index (χ1) is 11.7. The average molecular weight is 332 g/mol. The predicted molar refractivity (Wildman–Crippen MR) is 90.0 cm³/mol. The van der Waals surface area contributed by atoms with Crippen LogP contribution in [0.5, 0.6) is 5.75 Å². The van der Waals surface area contributed by atoms with Crippen molar-refractivity contribution < 1.29 is 13.5 Å². The van der Waals surface area contributed by atoms with Crippen LogP contribution >= 0.6 is 0 Å². The largest absolute Gasteiger partial charge is 0.496 e. The minimum Gasteiger partial charge on any atom is -0.496 e. The molecule has 5 heteroatoms. The van der Waals surface area contributed by atoms with Gasteiger partial charge in [-0.25, -0.2) is 8.78 Å². The first-order valence-electron chi connectivity index (χ1n) is 8.21. The van der Waals surface area contributed by atoms with Crippen LogP contribution in [0.15, 0.2) is 42.5 Å². The molecule has 0 saturated carbocycles. The summed E-state index contributed by atoms with van der Waals surface area (Å²) in [5.41, 5.74) is 1.90. The van der Waals surface area contributed by atoms with Gasteiger partial charge in [0.05, 0.1) is 7.11 Å². The van der Waals surface area contributed by atoms with E-state index in [9.17, 15) is 8.78 Å². The molecular formula is C19H22F2N2O. The lowest BCUT2D eigenvalue weighted by atomic mass is 9.93. The molecule has 2 aromatic rings. The third-order valence-corrected chi connectivity index (χ3v) is 4.51. The number of rotatable bonds is 5. The summed E-state index contributed by atoms with van der Waals surface area (Å²) in [6.07, 6.45) is 1.95. The van der Waals surface area contributed by atoms with Gasteiger partial charge in [-0.1, -0.05) is 30.3 Å². The molecule has 0 bridgehead atoms. The summed E-state index contributed by atoms with van der Waals surface area (Å²) in [7, 11) is 1.46. The summed E-state index contributed by atoms with van der Waals surface area (Å²) < 4.78 is 31.9. The maximum atomic E-state index is 13.5. The van der Waals surface area contributed by atoms with Crippen LogP contribution in [0.4, 0.5) is 8.78 Å². The first kappa shape index (κ1) is 16.9. The highest BCUT2D eigenvalue weighted by Crippen LogP contribution is 2.25. The monoisotopic (exact) mass is 332 g/mol. The number of halogens is 2. The summed E-state index contributed by atoms with van der Waals surface area (Å²) in [5, 5.41) is 6.98. The molecule has 3 nitrogen and oxygen atoms in total. The van der Waals surface area contributed by atoms with E-state index in [0.29, 0.717) is 29.9 Å². The van der Waals surface area contributed by atoms with Crippen LogP contribution in [0.3, 0.4) is 0 Å². The van der Waals surface area contributed by atoms with E-state index in [0.717, 1.165) is 25.5 Å². The zero-order valence-electron chi connectivity index (χ0n) is 13.7. The van der Waals surface area contributed by atoms with E-state index in [4.69, 9.17) is 4.74 Å². The summed E-state index contributed by atoms with van der Waals surface area (Å²) in [6.45, 7) is 1.37. The lowest BCUT2D eigenvalue weighted by Gasteiger charge is -2.31. The Morgan fingerprint density at radius 1 is 1.17 bits per heavy atom. The van der Waals surface area contributed by atoms with Crippen LogP contribution in [0.25, 0.3) is 0 Å². The van der Waals surface area contributed by atoms with Crippen molar-refractivity contribution in [3.63, 3.8) is 0 Å². The molecule has 1 fully saturated rings. The molecule has 2 N–H and O–H groups in total. The van der Waals surface area contributed by atoms with Crippen molar-refractivity contribution in [2.45, 2.75) is 31.5 Å². The van der Waals surface area contributed by atoms with Crippen LogP contribution in [0.2, 0.25) is 0 Å². The Morgan fingerprint density at radius 3 is 2.67 bits per heavy atom. The molecule has 0 radical (unpaired) electrons. The number of benzene rings is 2. The molecular weight excluding hydrogens is 310 g/mol. The third kappa shape index (κ3) is 3.91.